The lowest BCUT2D eigenvalue weighted by atomic mass is 11.4. The highest BCUT2D eigenvalue weighted by Crippen LogP contribution is 2.57. The van der Waals surface area contributed by atoms with Gasteiger partial charge in [-0.05, 0) is 0 Å². The monoisotopic (exact) mass is 304 g/mol. The zero-order chi connectivity index (χ0) is 14.5. The maximum absolute atomic E-state index is 11.8. The SMILES string of the molecule is FC(F)(F)[Si](C(F)(F)F)(C(F)(F)F)C(F)(F)F. The molecule has 13 heteroatoms. The van der Waals surface area contributed by atoms with E-state index >= 15 is 0 Å². The van der Waals surface area contributed by atoms with Crippen LogP contribution in [-0.4, -0.2) is 31.3 Å². The van der Waals surface area contributed by atoms with E-state index in [1.807, 2.05) is 0 Å². The summed E-state index contributed by atoms with van der Waals surface area (Å²) in [5, 5.41) is 0. The van der Waals surface area contributed by atoms with Crippen molar-refractivity contribution in [2.24, 2.45) is 0 Å². The average Bonchev–Trinajstić information content (AvgIpc) is 1.67. The number of alkyl halides is 12. The predicted octanol–water partition coefficient (Wildman–Crippen LogP) is 3.84. The summed E-state index contributed by atoms with van der Waals surface area (Å²) in [6.45, 7) is 0. The van der Waals surface area contributed by atoms with E-state index in [2.05, 4.69) is 0 Å². The van der Waals surface area contributed by atoms with Crippen LogP contribution in [0.2, 0.25) is 0 Å². The van der Waals surface area contributed by atoms with Gasteiger partial charge >= 0.3 is 31.3 Å². The highest BCUT2D eigenvalue weighted by atomic mass is 28.3. The topological polar surface area (TPSA) is 0 Å². The summed E-state index contributed by atoms with van der Waals surface area (Å²) in [6.07, 6.45) is 0. The summed E-state index contributed by atoms with van der Waals surface area (Å²) < 4.78 is 141. The molecule has 0 atom stereocenters. The fourth-order valence-electron chi connectivity index (χ4n) is 0.964. The van der Waals surface area contributed by atoms with Gasteiger partial charge in [0.2, 0.25) is 0 Å². The molecule has 0 aromatic rings. The summed E-state index contributed by atoms with van der Waals surface area (Å²) in [4.78, 5) is 0. The number of hydrogen-bond acceptors (Lipinski definition) is 0. The first-order valence-electron chi connectivity index (χ1n) is 3.27. The molecule has 0 saturated carbocycles. The predicted molar refractivity (Wildman–Crippen MR) is 30.0 cm³/mol. The molecule has 0 aromatic carbocycles. The first kappa shape index (κ1) is 16.4. The lowest BCUT2D eigenvalue weighted by molar-refractivity contribution is -0.208. The maximum Gasteiger partial charge on any atom is 0.536 e. The van der Waals surface area contributed by atoms with Gasteiger partial charge in [0, 0.05) is 0 Å². The number of halogens is 12. The van der Waals surface area contributed by atoms with Crippen molar-refractivity contribution in [3.8, 4) is 0 Å². The van der Waals surface area contributed by atoms with Gasteiger partial charge in [0.05, 0.1) is 0 Å². The van der Waals surface area contributed by atoms with Crippen LogP contribution in [-0.2, 0) is 0 Å². The average molecular weight is 304 g/mol. The maximum atomic E-state index is 11.8. The fourth-order valence-corrected chi connectivity index (χ4v) is 2.89. The second-order valence-corrected chi connectivity index (χ2v) is 6.51. The van der Waals surface area contributed by atoms with E-state index in [1.165, 1.54) is 0 Å². The molecule has 0 nitrogen and oxygen atoms in total. The largest absolute Gasteiger partial charge is 0.536 e. The quantitative estimate of drug-likeness (QED) is 0.471. The highest BCUT2D eigenvalue weighted by Gasteiger charge is 2.99. The zero-order valence-corrected chi connectivity index (χ0v) is 8.04. The summed E-state index contributed by atoms with van der Waals surface area (Å²) in [5.74, 6) is -29.9. The van der Waals surface area contributed by atoms with Crippen LogP contribution < -0.4 is 0 Å². The van der Waals surface area contributed by atoms with Crippen molar-refractivity contribution < 1.29 is 52.7 Å². The minimum atomic E-state index is -9.60. The Bertz CT molecular complexity index is 211. The van der Waals surface area contributed by atoms with Crippen LogP contribution in [0, 0.1) is 0 Å². The van der Waals surface area contributed by atoms with E-state index in [0.717, 1.165) is 0 Å². The molecule has 0 aliphatic rings. The van der Waals surface area contributed by atoms with Crippen molar-refractivity contribution >= 4 is 8.07 Å². The standard InChI is InChI=1S/C4F12Si/c5-1(6,7)17(2(8,9)10,3(11,12)13)4(14,15)16. The van der Waals surface area contributed by atoms with Gasteiger partial charge in [-0.25, -0.2) is 0 Å². The molecule has 0 aliphatic carbocycles. The second-order valence-electron chi connectivity index (χ2n) is 2.74. The highest BCUT2D eigenvalue weighted by molar-refractivity contribution is 6.86. The molecule has 0 aromatic heterocycles. The minimum Gasteiger partial charge on any atom is -0.175 e. The third-order valence-electron chi connectivity index (χ3n) is 1.70. The van der Waals surface area contributed by atoms with Gasteiger partial charge in [-0.3, -0.25) is 0 Å². The molecule has 104 valence electrons. The fraction of sp³-hybridized carbons (Fsp3) is 1.00. The van der Waals surface area contributed by atoms with Crippen LogP contribution in [0.4, 0.5) is 52.7 Å². The summed E-state index contributed by atoms with van der Waals surface area (Å²) in [6, 6.07) is 0. The van der Waals surface area contributed by atoms with Crippen molar-refractivity contribution in [2.45, 2.75) is 23.2 Å². The van der Waals surface area contributed by atoms with Gasteiger partial charge in [0.15, 0.2) is 0 Å². The molecule has 0 heterocycles. The first-order valence-corrected chi connectivity index (χ1v) is 5.27. The van der Waals surface area contributed by atoms with Crippen molar-refractivity contribution in [1.29, 1.82) is 0 Å². The Kier molecular flexibility index (Phi) is 3.55. The molecule has 0 amide bonds. The normalized spacial score (nSPS) is 16.2. The van der Waals surface area contributed by atoms with Crippen LogP contribution in [0.5, 0.6) is 0 Å². The van der Waals surface area contributed by atoms with E-state index in [0.29, 0.717) is 0 Å². The Balaban J connectivity index is 6.37. The molecular formula is C4F12Si. The lowest BCUT2D eigenvalue weighted by Gasteiger charge is -2.36. The molecule has 0 aliphatic heterocycles. The Morgan fingerprint density at radius 1 is 0.353 bits per heavy atom. The molecule has 0 rings (SSSR count). The Hall–Kier alpha value is -0.623. The summed E-state index contributed by atoms with van der Waals surface area (Å²) in [7, 11) is -9.60. The Morgan fingerprint density at radius 3 is 0.471 bits per heavy atom. The zero-order valence-electron chi connectivity index (χ0n) is 7.04. The minimum absolute atomic E-state index is 7.47. The molecule has 0 saturated heterocycles. The molecule has 0 unspecified atom stereocenters. The van der Waals surface area contributed by atoms with Crippen molar-refractivity contribution in [2.75, 3.05) is 0 Å². The second kappa shape index (κ2) is 3.68. The number of rotatable bonds is 0. The lowest BCUT2D eigenvalue weighted by Crippen LogP contribution is -2.79. The molecule has 0 fully saturated rings. The van der Waals surface area contributed by atoms with Gasteiger partial charge in [-0.15, -0.1) is 0 Å². The van der Waals surface area contributed by atoms with E-state index < -0.39 is 31.3 Å². The molecule has 17 heavy (non-hydrogen) atoms. The molecular weight excluding hydrogens is 304 g/mol. The van der Waals surface area contributed by atoms with Crippen LogP contribution in [0.15, 0.2) is 0 Å². The van der Waals surface area contributed by atoms with Gasteiger partial charge < -0.3 is 0 Å². The molecule has 0 spiro atoms. The van der Waals surface area contributed by atoms with E-state index in [4.69, 9.17) is 0 Å². The van der Waals surface area contributed by atoms with Gasteiger partial charge in [-0.2, -0.15) is 52.7 Å². The van der Waals surface area contributed by atoms with E-state index in [9.17, 15) is 52.7 Å². The molecule has 0 radical (unpaired) electrons. The van der Waals surface area contributed by atoms with Crippen LogP contribution in [0.25, 0.3) is 0 Å². The van der Waals surface area contributed by atoms with E-state index in [1.54, 1.807) is 0 Å². The van der Waals surface area contributed by atoms with Crippen molar-refractivity contribution in [3.63, 3.8) is 0 Å². The third kappa shape index (κ3) is 2.20. The Labute approximate surface area is 85.2 Å². The van der Waals surface area contributed by atoms with Gasteiger partial charge in [0.25, 0.3) is 0 Å². The van der Waals surface area contributed by atoms with Crippen molar-refractivity contribution in [1.82, 2.24) is 0 Å². The van der Waals surface area contributed by atoms with Crippen molar-refractivity contribution in [3.05, 3.63) is 0 Å². The van der Waals surface area contributed by atoms with Gasteiger partial charge in [0.1, 0.15) is 0 Å². The van der Waals surface area contributed by atoms with Gasteiger partial charge in [-0.1, -0.05) is 0 Å². The molecule has 0 N–H and O–H groups in total. The third-order valence-corrected chi connectivity index (χ3v) is 5.10. The smallest absolute Gasteiger partial charge is 0.175 e. The number of hydrogen-bond donors (Lipinski definition) is 0. The molecule has 0 bridgehead atoms. The van der Waals surface area contributed by atoms with E-state index in [-0.39, 0.29) is 0 Å². The first-order chi connectivity index (χ1) is 7.00. The van der Waals surface area contributed by atoms with Crippen LogP contribution in [0.1, 0.15) is 0 Å². The summed E-state index contributed by atoms with van der Waals surface area (Å²) in [5.41, 5.74) is 0. The Morgan fingerprint density at radius 2 is 0.471 bits per heavy atom. The summed E-state index contributed by atoms with van der Waals surface area (Å²) >= 11 is 0. The van der Waals surface area contributed by atoms with Crippen LogP contribution >= 0.6 is 0 Å². The van der Waals surface area contributed by atoms with Crippen LogP contribution in [0.3, 0.4) is 0 Å².